The van der Waals surface area contributed by atoms with Crippen molar-refractivity contribution >= 4 is 23.6 Å². The van der Waals surface area contributed by atoms with Gasteiger partial charge in [-0.3, -0.25) is 4.79 Å². The highest BCUT2D eigenvalue weighted by molar-refractivity contribution is 8.04. The Hall–Kier alpha value is -2.85. The van der Waals surface area contributed by atoms with E-state index in [1.807, 2.05) is 56.3 Å². The second kappa shape index (κ2) is 7.64. The number of halogens is 1. The lowest BCUT2D eigenvalue weighted by Gasteiger charge is -2.13. The van der Waals surface area contributed by atoms with E-state index in [1.165, 1.54) is 23.9 Å². The predicted molar refractivity (Wildman–Crippen MR) is 111 cm³/mol. The number of fused-ring (bicyclic) bond motifs is 1. The zero-order valence-electron chi connectivity index (χ0n) is 15.7. The molecule has 0 aromatic heterocycles. The predicted octanol–water partition coefficient (Wildman–Crippen LogP) is 6.35. The van der Waals surface area contributed by atoms with Crippen LogP contribution >= 0.6 is 11.8 Å². The van der Waals surface area contributed by atoms with Crippen LogP contribution in [0.5, 0.6) is 5.75 Å². The van der Waals surface area contributed by atoms with Crippen molar-refractivity contribution in [3.05, 3.63) is 99.2 Å². The van der Waals surface area contributed by atoms with E-state index in [-0.39, 0.29) is 11.6 Å². The Morgan fingerprint density at radius 2 is 1.68 bits per heavy atom. The Labute approximate surface area is 168 Å². The van der Waals surface area contributed by atoms with Crippen LogP contribution in [0, 0.1) is 19.7 Å². The van der Waals surface area contributed by atoms with Crippen molar-refractivity contribution in [1.82, 2.24) is 0 Å². The lowest BCUT2D eigenvalue weighted by atomic mass is 10.0. The van der Waals surface area contributed by atoms with Crippen molar-refractivity contribution in [2.45, 2.75) is 25.3 Å². The zero-order chi connectivity index (χ0) is 19.7. The standard InChI is InChI=1S/C24H19FO2S/c1-15-11-18(13-22-23(26)20-5-3-4-6-21(20)28-22)12-16(2)24(15)27-14-17-7-9-19(25)10-8-17/h3-13H,14H2,1-2H3/b22-13-. The number of aryl methyl sites for hydroxylation is 2. The normalized spacial score (nSPS) is 14.4. The van der Waals surface area contributed by atoms with Gasteiger partial charge in [0.25, 0.3) is 0 Å². The summed E-state index contributed by atoms with van der Waals surface area (Å²) in [6.07, 6.45) is 1.94. The Balaban J connectivity index is 1.55. The molecule has 0 N–H and O–H groups in total. The van der Waals surface area contributed by atoms with Gasteiger partial charge in [0.1, 0.15) is 18.2 Å². The first-order valence-corrected chi connectivity index (χ1v) is 9.84. The van der Waals surface area contributed by atoms with E-state index in [2.05, 4.69) is 0 Å². The van der Waals surface area contributed by atoms with Gasteiger partial charge in [-0.2, -0.15) is 0 Å². The first-order valence-electron chi connectivity index (χ1n) is 9.03. The highest BCUT2D eigenvalue weighted by atomic mass is 32.2. The molecular formula is C24H19FO2S. The molecule has 0 saturated carbocycles. The highest BCUT2D eigenvalue weighted by Crippen LogP contribution is 2.41. The Morgan fingerprint density at radius 1 is 1.00 bits per heavy atom. The van der Waals surface area contributed by atoms with Gasteiger partial charge in [-0.05, 0) is 78.6 Å². The number of carbonyl (C=O) groups excluding carboxylic acids is 1. The second-order valence-electron chi connectivity index (χ2n) is 6.83. The fraction of sp³-hybridized carbons (Fsp3) is 0.125. The third-order valence-corrected chi connectivity index (χ3v) is 5.75. The number of thioether (sulfide) groups is 1. The first kappa shape index (κ1) is 18.5. The van der Waals surface area contributed by atoms with Crippen LogP contribution in [0.4, 0.5) is 4.39 Å². The number of ether oxygens (including phenoxy) is 1. The Morgan fingerprint density at radius 3 is 2.36 bits per heavy atom. The molecule has 28 heavy (non-hydrogen) atoms. The van der Waals surface area contributed by atoms with Gasteiger partial charge in [0.05, 0.1) is 4.91 Å². The summed E-state index contributed by atoms with van der Waals surface area (Å²) < 4.78 is 19.0. The van der Waals surface area contributed by atoms with Gasteiger partial charge in [0, 0.05) is 10.5 Å². The van der Waals surface area contributed by atoms with E-state index in [4.69, 9.17) is 4.74 Å². The smallest absolute Gasteiger partial charge is 0.200 e. The summed E-state index contributed by atoms with van der Waals surface area (Å²) in [6.45, 7) is 4.37. The molecule has 0 amide bonds. The summed E-state index contributed by atoms with van der Waals surface area (Å²) in [5.41, 5.74) is 4.67. The van der Waals surface area contributed by atoms with Crippen LogP contribution in [0.15, 0.2) is 70.5 Å². The fourth-order valence-electron chi connectivity index (χ4n) is 3.32. The number of benzene rings is 3. The molecule has 0 atom stereocenters. The minimum absolute atomic E-state index is 0.0764. The quantitative estimate of drug-likeness (QED) is 0.486. The molecule has 140 valence electrons. The van der Waals surface area contributed by atoms with E-state index in [0.717, 1.165) is 43.4 Å². The minimum atomic E-state index is -0.255. The molecular weight excluding hydrogens is 371 g/mol. The number of carbonyl (C=O) groups is 1. The van der Waals surface area contributed by atoms with Crippen molar-refractivity contribution in [2.24, 2.45) is 0 Å². The van der Waals surface area contributed by atoms with Gasteiger partial charge in [0.15, 0.2) is 0 Å². The van der Waals surface area contributed by atoms with Crippen molar-refractivity contribution < 1.29 is 13.9 Å². The minimum Gasteiger partial charge on any atom is -0.488 e. The molecule has 3 aromatic rings. The second-order valence-corrected chi connectivity index (χ2v) is 7.92. The van der Waals surface area contributed by atoms with Crippen LogP contribution in [0.2, 0.25) is 0 Å². The van der Waals surface area contributed by atoms with Crippen LogP contribution < -0.4 is 4.74 Å². The topological polar surface area (TPSA) is 26.3 Å². The van der Waals surface area contributed by atoms with Crippen molar-refractivity contribution in [3.63, 3.8) is 0 Å². The fourth-order valence-corrected chi connectivity index (χ4v) is 4.37. The maximum Gasteiger partial charge on any atom is 0.200 e. The SMILES string of the molecule is Cc1cc(/C=C2\Sc3ccccc3C2=O)cc(C)c1OCc1ccc(F)cc1. The van der Waals surface area contributed by atoms with E-state index < -0.39 is 0 Å². The van der Waals surface area contributed by atoms with Crippen molar-refractivity contribution in [1.29, 1.82) is 0 Å². The Bertz CT molecular complexity index is 1060. The number of Topliss-reactive ketones (excluding diaryl/α,β-unsaturated/α-hetero) is 1. The Kier molecular flexibility index (Phi) is 5.05. The molecule has 1 aliphatic rings. The molecule has 4 rings (SSSR count). The third-order valence-electron chi connectivity index (χ3n) is 4.65. The molecule has 4 heteroatoms. The number of hydrogen-bond donors (Lipinski definition) is 0. The van der Waals surface area contributed by atoms with E-state index in [1.54, 1.807) is 12.1 Å². The molecule has 1 heterocycles. The summed E-state index contributed by atoms with van der Waals surface area (Å²) in [4.78, 5) is 14.3. The van der Waals surface area contributed by atoms with E-state index >= 15 is 0 Å². The highest BCUT2D eigenvalue weighted by Gasteiger charge is 2.25. The average Bonchev–Trinajstić information content (AvgIpc) is 2.98. The number of ketones is 1. The number of hydrogen-bond acceptors (Lipinski definition) is 3. The van der Waals surface area contributed by atoms with Crippen LogP contribution in [0.3, 0.4) is 0 Å². The van der Waals surface area contributed by atoms with Gasteiger partial charge in [0.2, 0.25) is 5.78 Å². The van der Waals surface area contributed by atoms with Crippen LogP contribution in [0.25, 0.3) is 6.08 Å². The van der Waals surface area contributed by atoms with Crippen LogP contribution in [-0.4, -0.2) is 5.78 Å². The summed E-state index contributed by atoms with van der Waals surface area (Å²) >= 11 is 1.51. The zero-order valence-corrected chi connectivity index (χ0v) is 16.5. The molecule has 0 bridgehead atoms. The molecule has 3 aromatic carbocycles. The van der Waals surface area contributed by atoms with Gasteiger partial charge >= 0.3 is 0 Å². The molecule has 0 spiro atoms. The van der Waals surface area contributed by atoms with Crippen LogP contribution in [-0.2, 0) is 6.61 Å². The molecule has 0 radical (unpaired) electrons. The lowest BCUT2D eigenvalue weighted by Crippen LogP contribution is -2.00. The first-order chi connectivity index (χ1) is 13.5. The van der Waals surface area contributed by atoms with Crippen LogP contribution in [0.1, 0.15) is 32.6 Å². The lowest BCUT2D eigenvalue weighted by molar-refractivity contribution is 0.104. The van der Waals surface area contributed by atoms with Crippen molar-refractivity contribution in [3.8, 4) is 5.75 Å². The summed E-state index contributed by atoms with van der Waals surface area (Å²) in [6, 6.07) is 18.0. The molecule has 1 aliphatic heterocycles. The maximum atomic E-state index is 13.0. The van der Waals surface area contributed by atoms with E-state index in [0.29, 0.717) is 6.61 Å². The summed E-state index contributed by atoms with van der Waals surface area (Å²) in [5, 5.41) is 0. The molecule has 0 unspecified atom stereocenters. The van der Waals surface area contributed by atoms with Gasteiger partial charge in [-0.15, -0.1) is 0 Å². The van der Waals surface area contributed by atoms with E-state index in [9.17, 15) is 9.18 Å². The molecule has 0 fully saturated rings. The largest absolute Gasteiger partial charge is 0.488 e. The summed E-state index contributed by atoms with van der Waals surface area (Å²) in [5.74, 6) is 0.641. The summed E-state index contributed by atoms with van der Waals surface area (Å²) in [7, 11) is 0. The van der Waals surface area contributed by atoms with Crippen molar-refractivity contribution in [2.75, 3.05) is 0 Å². The third kappa shape index (κ3) is 3.73. The number of rotatable bonds is 4. The monoisotopic (exact) mass is 390 g/mol. The molecule has 0 aliphatic carbocycles. The van der Waals surface area contributed by atoms with Gasteiger partial charge < -0.3 is 4.74 Å². The molecule has 0 saturated heterocycles. The van der Waals surface area contributed by atoms with Gasteiger partial charge in [-0.25, -0.2) is 4.39 Å². The maximum absolute atomic E-state index is 13.0. The number of allylic oxidation sites excluding steroid dienone is 1. The molecule has 2 nitrogen and oxygen atoms in total. The average molecular weight is 390 g/mol. The van der Waals surface area contributed by atoms with Gasteiger partial charge in [-0.1, -0.05) is 36.0 Å².